The zero-order valence-corrected chi connectivity index (χ0v) is 9.68. The molecule has 0 aromatic heterocycles. The van der Waals surface area contributed by atoms with Gasteiger partial charge in [-0.15, -0.1) is 0 Å². The molecule has 0 spiro atoms. The molecule has 0 N–H and O–H groups in total. The lowest BCUT2D eigenvalue weighted by Gasteiger charge is -2.50. The van der Waals surface area contributed by atoms with E-state index in [-0.39, 0.29) is 5.12 Å². The Morgan fingerprint density at radius 1 is 1.29 bits per heavy atom. The predicted molar refractivity (Wildman–Crippen MR) is 59.3 cm³/mol. The first-order valence-corrected chi connectivity index (χ1v) is 6.40. The Morgan fingerprint density at radius 3 is 2.36 bits per heavy atom. The number of rotatable bonds is 3. The number of nitrogens with zero attached hydrogens (tertiary/aromatic N) is 2. The summed E-state index contributed by atoms with van der Waals surface area (Å²) in [7, 11) is 0. The average molecular weight is 215 g/mol. The fourth-order valence-electron chi connectivity index (χ4n) is 2.45. The predicted octanol–water partition coefficient (Wildman–Crippen LogP) is 0.412. The molecule has 80 valence electrons. The Morgan fingerprint density at radius 2 is 1.86 bits per heavy atom. The van der Waals surface area contributed by atoms with Gasteiger partial charge in [-0.2, -0.15) is 0 Å². The fourth-order valence-corrected chi connectivity index (χ4v) is 3.22. The van der Waals surface area contributed by atoms with Crippen molar-refractivity contribution in [2.24, 2.45) is 0 Å². The minimum absolute atomic E-state index is 0.263. The number of carbonyl (C=O) groups excluding carboxylic acids is 1. The second kappa shape index (κ2) is 4.21. The van der Waals surface area contributed by atoms with Gasteiger partial charge in [0.15, 0.2) is 5.12 Å². The largest absolute Gasteiger partial charge is 0.320 e. The summed E-state index contributed by atoms with van der Waals surface area (Å²) < 4.78 is 1.27. The molecule has 0 aromatic rings. The third kappa shape index (κ3) is 2.30. The van der Waals surface area contributed by atoms with Crippen LogP contribution < -0.4 is 0 Å². The second-order valence-corrected chi connectivity index (χ2v) is 5.69. The Balaban J connectivity index is 1.80. The van der Waals surface area contributed by atoms with Crippen LogP contribution in [-0.4, -0.2) is 66.1 Å². The van der Waals surface area contributed by atoms with E-state index in [1.54, 1.807) is 6.92 Å². The van der Waals surface area contributed by atoms with Crippen LogP contribution in [0.5, 0.6) is 0 Å². The monoisotopic (exact) mass is 215 g/mol. The molecule has 0 saturated carbocycles. The van der Waals surface area contributed by atoms with Crippen LogP contribution in [0.25, 0.3) is 0 Å². The van der Waals surface area contributed by atoms with Crippen molar-refractivity contribution < 1.29 is 9.28 Å². The first-order valence-electron chi connectivity index (χ1n) is 5.41. The minimum Gasteiger partial charge on any atom is -0.320 e. The van der Waals surface area contributed by atoms with Gasteiger partial charge in [-0.05, 0) is 0 Å². The van der Waals surface area contributed by atoms with E-state index in [9.17, 15) is 4.79 Å². The van der Waals surface area contributed by atoms with Crippen LogP contribution in [0.3, 0.4) is 0 Å². The van der Waals surface area contributed by atoms with E-state index in [1.807, 2.05) is 0 Å². The topological polar surface area (TPSA) is 20.3 Å². The van der Waals surface area contributed by atoms with Crippen molar-refractivity contribution in [1.82, 2.24) is 4.90 Å². The summed E-state index contributed by atoms with van der Waals surface area (Å²) in [6, 6.07) is 0. The molecule has 3 saturated heterocycles. The van der Waals surface area contributed by atoms with Crippen LogP contribution >= 0.6 is 11.8 Å². The van der Waals surface area contributed by atoms with Crippen molar-refractivity contribution in [2.45, 2.75) is 6.92 Å². The van der Waals surface area contributed by atoms with Gasteiger partial charge >= 0.3 is 0 Å². The van der Waals surface area contributed by atoms with E-state index in [2.05, 4.69) is 4.90 Å². The maximum absolute atomic E-state index is 10.8. The van der Waals surface area contributed by atoms with Gasteiger partial charge in [0, 0.05) is 26.6 Å². The molecule has 3 heterocycles. The van der Waals surface area contributed by atoms with Crippen molar-refractivity contribution in [3.63, 3.8) is 0 Å². The molecule has 14 heavy (non-hydrogen) atoms. The molecule has 2 bridgehead atoms. The van der Waals surface area contributed by atoms with Crippen molar-refractivity contribution >= 4 is 16.9 Å². The average Bonchev–Trinajstić information content (AvgIpc) is 2.19. The lowest BCUT2D eigenvalue weighted by Crippen LogP contribution is -2.67. The van der Waals surface area contributed by atoms with Crippen LogP contribution in [0.2, 0.25) is 0 Å². The van der Waals surface area contributed by atoms with Gasteiger partial charge in [-0.3, -0.25) is 9.69 Å². The molecule has 3 aliphatic rings. The smallest absolute Gasteiger partial charge is 0.186 e. The SMILES string of the molecule is CC(=O)SCC[N+]12CCN(CC1)CC2. The summed E-state index contributed by atoms with van der Waals surface area (Å²) >= 11 is 1.49. The standard InChI is InChI=1S/C10H19N2OS/c1-10(13)14-9-8-12-5-2-11(3-6-12)4-7-12/h2-9H2,1H3/q+1. The minimum atomic E-state index is 0.263. The van der Waals surface area contributed by atoms with Gasteiger partial charge in [0.1, 0.15) is 0 Å². The highest BCUT2D eigenvalue weighted by atomic mass is 32.2. The van der Waals surface area contributed by atoms with Gasteiger partial charge in [0.05, 0.1) is 31.9 Å². The van der Waals surface area contributed by atoms with Crippen molar-refractivity contribution in [1.29, 1.82) is 0 Å². The molecule has 3 rings (SSSR count). The Hall–Kier alpha value is -0.0600. The summed E-state index contributed by atoms with van der Waals surface area (Å²) in [6.45, 7) is 10.6. The normalized spacial score (nSPS) is 35.9. The maximum atomic E-state index is 10.8. The molecular weight excluding hydrogens is 196 g/mol. The summed E-state index contributed by atoms with van der Waals surface area (Å²) in [5, 5.41) is 0.263. The molecule has 4 heteroatoms. The zero-order valence-electron chi connectivity index (χ0n) is 8.87. The highest BCUT2D eigenvalue weighted by Crippen LogP contribution is 2.20. The third-order valence-electron chi connectivity index (χ3n) is 3.54. The lowest BCUT2D eigenvalue weighted by molar-refractivity contribution is -0.938. The van der Waals surface area contributed by atoms with Gasteiger partial charge in [0.2, 0.25) is 0 Å². The van der Waals surface area contributed by atoms with Gasteiger partial charge in [-0.25, -0.2) is 0 Å². The Kier molecular flexibility index (Phi) is 3.14. The number of hydrogen-bond acceptors (Lipinski definition) is 3. The maximum Gasteiger partial charge on any atom is 0.186 e. The van der Waals surface area contributed by atoms with E-state index in [0.717, 1.165) is 5.75 Å². The molecule has 3 fully saturated rings. The first-order chi connectivity index (χ1) is 6.70. The second-order valence-electron chi connectivity index (χ2n) is 4.42. The highest BCUT2D eigenvalue weighted by Gasteiger charge is 2.37. The molecule has 3 aliphatic heterocycles. The number of thioether (sulfide) groups is 1. The summed E-state index contributed by atoms with van der Waals surface area (Å²) in [6.07, 6.45) is 0. The number of quaternary nitrogens is 1. The van der Waals surface area contributed by atoms with Crippen LogP contribution in [-0.2, 0) is 4.79 Å². The number of hydrogen-bond donors (Lipinski definition) is 0. The molecule has 0 atom stereocenters. The molecule has 0 radical (unpaired) electrons. The van der Waals surface area contributed by atoms with E-state index in [1.165, 1.54) is 62.1 Å². The molecule has 0 aliphatic carbocycles. The van der Waals surface area contributed by atoms with Crippen LogP contribution in [0, 0.1) is 0 Å². The van der Waals surface area contributed by atoms with Gasteiger partial charge < -0.3 is 4.48 Å². The Bertz CT molecular complexity index is 210. The fraction of sp³-hybridized carbons (Fsp3) is 0.900. The zero-order chi connectivity index (χ0) is 10.0. The van der Waals surface area contributed by atoms with Crippen LogP contribution in [0.15, 0.2) is 0 Å². The van der Waals surface area contributed by atoms with Crippen LogP contribution in [0.4, 0.5) is 0 Å². The highest BCUT2D eigenvalue weighted by molar-refractivity contribution is 8.13. The molecule has 3 nitrogen and oxygen atoms in total. The molecule has 0 unspecified atom stereocenters. The van der Waals surface area contributed by atoms with E-state index in [4.69, 9.17) is 0 Å². The molecule has 0 aromatic carbocycles. The van der Waals surface area contributed by atoms with Crippen LogP contribution in [0.1, 0.15) is 6.92 Å². The number of fused-ring (bicyclic) bond motifs is 3. The quantitative estimate of drug-likeness (QED) is 0.636. The van der Waals surface area contributed by atoms with Crippen molar-refractivity contribution in [3.8, 4) is 0 Å². The molecular formula is C10H19N2OS+. The van der Waals surface area contributed by atoms with Crippen molar-refractivity contribution in [3.05, 3.63) is 0 Å². The summed E-state index contributed by atoms with van der Waals surface area (Å²) in [5.41, 5.74) is 0. The third-order valence-corrected chi connectivity index (χ3v) is 4.34. The lowest BCUT2D eigenvalue weighted by atomic mass is 10.1. The van der Waals surface area contributed by atoms with Gasteiger partial charge in [0.25, 0.3) is 0 Å². The molecule has 0 amide bonds. The van der Waals surface area contributed by atoms with Gasteiger partial charge in [-0.1, -0.05) is 11.8 Å². The van der Waals surface area contributed by atoms with Crippen molar-refractivity contribution in [2.75, 3.05) is 51.6 Å². The van der Waals surface area contributed by atoms with E-state index >= 15 is 0 Å². The Labute approximate surface area is 90.0 Å². The number of piperazine rings is 3. The van der Waals surface area contributed by atoms with E-state index < -0.39 is 0 Å². The van der Waals surface area contributed by atoms with E-state index in [0.29, 0.717) is 0 Å². The summed E-state index contributed by atoms with van der Waals surface area (Å²) in [4.78, 5) is 13.4. The first kappa shape index (κ1) is 10.5. The summed E-state index contributed by atoms with van der Waals surface area (Å²) in [5.74, 6) is 1.01. The number of carbonyl (C=O) groups is 1.